The van der Waals surface area contributed by atoms with Gasteiger partial charge in [0.25, 0.3) is 5.91 Å². The highest BCUT2D eigenvalue weighted by atomic mass is 32.2. The molecule has 7 nitrogen and oxygen atoms in total. The predicted molar refractivity (Wildman–Crippen MR) is 99.2 cm³/mol. The second-order valence-electron chi connectivity index (χ2n) is 5.46. The topological polar surface area (TPSA) is 92.9 Å². The van der Waals surface area contributed by atoms with Crippen LogP contribution in [0.1, 0.15) is 22.6 Å². The van der Waals surface area contributed by atoms with Crippen molar-refractivity contribution in [3.8, 4) is 5.69 Å². The fourth-order valence-electron chi connectivity index (χ4n) is 2.36. The van der Waals surface area contributed by atoms with Crippen molar-refractivity contribution >= 4 is 17.7 Å². The molecule has 1 heterocycles. The lowest BCUT2D eigenvalue weighted by Crippen LogP contribution is -2.25. The molecule has 0 radical (unpaired) electrons. The number of tetrazole rings is 1. The van der Waals surface area contributed by atoms with Crippen LogP contribution in [0.2, 0.25) is 0 Å². The molecule has 3 aromatic rings. The average Bonchev–Trinajstić information content (AvgIpc) is 3.16. The monoisotopic (exact) mass is 369 g/mol. The first kappa shape index (κ1) is 18.1. The van der Waals surface area contributed by atoms with Crippen LogP contribution in [0.15, 0.2) is 59.5 Å². The maximum atomic E-state index is 12.3. The number of aromatic nitrogens is 4. The molecule has 0 aliphatic heterocycles. The highest BCUT2D eigenvalue weighted by molar-refractivity contribution is 7.98. The van der Waals surface area contributed by atoms with Gasteiger partial charge in [-0.1, -0.05) is 30.3 Å². The Morgan fingerprint density at radius 2 is 1.88 bits per heavy atom. The molecule has 0 fully saturated rings. The van der Waals surface area contributed by atoms with Crippen LogP contribution in [0, 0.1) is 0 Å². The Morgan fingerprint density at radius 3 is 2.69 bits per heavy atom. The van der Waals surface area contributed by atoms with Gasteiger partial charge in [0.1, 0.15) is 0 Å². The van der Waals surface area contributed by atoms with Crippen molar-refractivity contribution in [3.05, 3.63) is 66.0 Å². The maximum absolute atomic E-state index is 12.3. The van der Waals surface area contributed by atoms with Crippen molar-refractivity contribution in [3.63, 3.8) is 0 Å². The van der Waals surface area contributed by atoms with E-state index in [1.54, 1.807) is 10.7 Å². The summed E-state index contributed by atoms with van der Waals surface area (Å²) in [5.74, 6) is 1.09. The summed E-state index contributed by atoms with van der Waals surface area (Å²) in [6.45, 7) is 0.499. The second kappa shape index (κ2) is 9.12. The molecule has 0 unspecified atom stereocenters. The molecule has 1 amide bonds. The highest BCUT2D eigenvalue weighted by Crippen LogP contribution is 2.26. The van der Waals surface area contributed by atoms with Crippen molar-refractivity contribution in [1.29, 1.82) is 0 Å². The molecule has 3 rings (SSSR count). The number of carbonyl (C=O) groups excluding carboxylic acids is 1. The standard InChI is InChI=1S/C18H19N5O2S/c24-12-6-11-19-18(25)15-9-4-5-10-16(15)26-13-17-20-21-22-23(17)14-7-2-1-3-8-14/h1-5,7-10,24H,6,11-13H2,(H,19,25). The van der Waals surface area contributed by atoms with Gasteiger partial charge in [0.15, 0.2) is 5.82 Å². The zero-order valence-corrected chi connectivity index (χ0v) is 14.9. The van der Waals surface area contributed by atoms with E-state index in [1.165, 1.54) is 11.8 Å². The van der Waals surface area contributed by atoms with Gasteiger partial charge >= 0.3 is 0 Å². The Bertz CT molecular complexity index is 854. The number of aliphatic hydroxyl groups excluding tert-OH is 1. The number of nitrogens with zero attached hydrogens (tertiary/aromatic N) is 4. The van der Waals surface area contributed by atoms with Gasteiger partial charge in [-0.3, -0.25) is 4.79 Å². The lowest BCUT2D eigenvalue weighted by atomic mass is 10.2. The number of nitrogens with one attached hydrogen (secondary N) is 1. The van der Waals surface area contributed by atoms with E-state index in [1.807, 2.05) is 48.5 Å². The molecule has 0 atom stereocenters. The molecule has 0 saturated heterocycles. The van der Waals surface area contributed by atoms with Crippen molar-refractivity contribution in [2.24, 2.45) is 0 Å². The molecule has 8 heteroatoms. The fraction of sp³-hybridized carbons (Fsp3) is 0.222. The van der Waals surface area contributed by atoms with Gasteiger partial charge in [0.05, 0.1) is 17.0 Å². The van der Waals surface area contributed by atoms with E-state index in [9.17, 15) is 4.79 Å². The zero-order chi connectivity index (χ0) is 18.2. The van der Waals surface area contributed by atoms with Gasteiger partial charge in [-0.15, -0.1) is 16.9 Å². The third kappa shape index (κ3) is 4.47. The molecule has 0 aliphatic carbocycles. The van der Waals surface area contributed by atoms with Gasteiger partial charge in [0, 0.05) is 18.0 Å². The van der Waals surface area contributed by atoms with Gasteiger partial charge in [-0.25, -0.2) is 0 Å². The molecule has 26 heavy (non-hydrogen) atoms. The van der Waals surface area contributed by atoms with Gasteiger partial charge in [-0.2, -0.15) is 4.68 Å². The minimum atomic E-state index is -0.149. The van der Waals surface area contributed by atoms with E-state index in [2.05, 4.69) is 20.8 Å². The summed E-state index contributed by atoms with van der Waals surface area (Å²) in [7, 11) is 0. The van der Waals surface area contributed by atoms with E-state index in [0.29, 0.717) is 30.1 Å². The number of hydrogen-bond donors (Lipinski definition) is 2. The fourth-order valence-corrected chi connectivity index (χ4v) is 3.32. The largest absolute Gasteiger partial charge is 0.396 e. The van der Waals surface area contributed by atoms with Crippen LogP contribution in [-0.4, -0.2) is 44.4 Å². The molecule has 1 aromatic heterocycles. The highest BCUT2D eigenvalue weighted by Gasteiger charge is 2.13. The normalized spacial score (nSPS) is 10.7. The number of aliphatic hydroxyl groups is 1. The summed E-state index contributed by atoms with van der Waals surface area (Å²) in [6.07, 6.45) is 0.535. The summed E-state index contributed by atoms with van der Waals surface area (Å²) in [5.41, 5.74) is 1.50. The molecule has 2 N–H and O–H groups in total. The first-order chi connectivity index (χ1) is 12.8. The van der Waals surface area contributed by atoms with Gasteiger partial charge in [0.2, 0.25) is 0 Å². The molecule has 134 valence electrons. The summed E-state index contributed by atoms with van der Waals surface area (Å²) in [4.78, 5) is 13.2. The van der Waals surface area contributed by atoms with Crippen LogP contribution in [0.5, 0.6) is 0 Å². The Labute approximate surface area is 155 Å². The minimum Gasteiger partial charge on any atom is -0.396 e. The molecular weight excluding hydrogens is 350 g/mol. The first-order valence-electron chi connectivity index (χ1n) is 8.23. The number of carbonyl (C=O) groups is 1. The molecule has 0 saturated carbocycles. The average molecular weight is 369 g/mol. The van der Waals surface area contributed by atoms with Crippen LogP contribution in [0.25, 0.3) is 5.69 Å². The molecule has 0 spiro atoms. The van der Waals surface area contributed by atoms with E-state index in [-0.39, 0.29) is 12.5 Å². The van der Waals surface area contributed by atoms with Crippen LogP contribution >= 0.6 is 11.8 Å². The SMILES string of the molecule is O=C(NCCCO)c1ccccc1SCc1nnnn1-c1ccccc1. The molecule has 0 aliphatic rings. The van der Waals surface area contributed by atoms with E-state index < -0.39 is 0 Å². The van der Waals surface area contributed by atoms with Crippen molar-refractivity contribution < 1.29 is 9.90 Å². The predicted octanol–water partition coefficient (Wildman–Crippen LogP) is 2.07. The summed E-state index contributed by atoms with van der Waals surface area (Å²) in [6, 6.07) is 17.1. The Hall–Kier alpha value is -2.71. The number of hydrogen-bond acceptors (Lipinski definition) is 6. The van der Waals surface area contributed by atoms with Gasteiger partial charge < -0.3 is 10.4 Å². The molecule has 0 bridgehead atoms. The first-order valence-corrected chi connectivity index (χ1v) is 9.21. The van der Waals surface area contributed by atoms with E-state index in [4.69, 9.17) is 5.11 Å². The zero-order valence-electron chi connectivity index (χ0n) is 14.1. The second-order valence-corrected chi connectivity index (χ2v) is 6.48. The smallest absolute Gasteiger partial charge is 0.252 e. The van der Waals surface area contributed by atoms with Crippen molar-refractivity contribution in [2.75, 3.05) is 13.2 Å². The summed E-state index contributed by atoms with van der Waals surface area (Å²) < 4.78 is 1.69. The minimum absolute atomic E-state index is 0.0544. The molecular formula is C18H19N5O2S. The number of benzene rings is 2. The third-order valence-corrected chi connectivity index (χ3v) is 4.71. The quantitative estimate of drug-likeness (QED) is 0.466. The Morgan fingerprint density at radius 1 is 1.12 bits per heavy atom. The summed E-state index contributed by atoms with van der Waals surface area (Å²) in [5, 5.41) is 23.6. The Balaban J connectivity index is 1.72. The van der Waals surface area contributed by atoms with E-state index >= 15 is 0 Å². The van der Waals surface area contributed by atoms with Crippen molar-refractivity contribution in [1.82, 2.24) is 25.5 Å². The number of rotatable bonds is 8. The van der Waals surface area contributed by atoms with Crippen LogP contribution in [0.4, 0.5) is 0 Å². The number of thioether (sulfide) groups is 1. The molecule has 2 aromatic carbocycles. The number of para-hydroxylation sites is 1. The maximum Gasteiger partial charge on any atom is 0.252 e. The van der Waals surface area contributed by atoms with Crippen LogP contribution < -0.4 is 5.32 Å². The number of amides is 1. The lowest BCUT2D eigenvalue weighted by Gasteiger charge is -2.09. The lowest BCUT2D eigenvalue weighted by molar-refractivity contribution is 0.0948. The van der Waals surface area contributed by atoms with E-state index in [0.717, 1.165) is 10.6 Å². The Kier molecular flexibility index (Phi) is 6.34. The van der Waals surface area contributed by atoms with Crippen LogP contribution in [0.3, 0.4) is 0 Å². The third-order valence-electron chi connectivity index (χ3n) is 3.64. The van der Waals surface area contributed by atoms with Gasteiger partial charge in [-0.05, 0) is 41.1 Å². The summed E-state index contributed by atoms with van der Waals surface area (Å²) >= 11 is 1.51. The van der Waals surface area contributed by atoms with Crippen molar-refractivity contribution in [2.45, 2.75) is 17.1 Å². The van der Waals surface area contributed by atoms with Crippen LogP contribution in [-0.2, 0) is 5.75 Å².